The smallest absolute Gasteiger partial charge is 0.0502 e. The summed E-state index contributed by atoms with van der Waals surface area (Å²) in [6, 6.07) is 1.58. The molecule has 14 heavy (non-hydrogen) atoms. The summed E-state index contributed by atoms with van der Waals surface area (Å²) >= 11 is 0. The van der Waals surface area contributed by atoms with Crippen LogP contribution in [0.3, 0.4) is 0 Å². The zero-order chi connectivity index (χ0) is 11.0. The number of rotatable bonds is 1. The summed E-state index contributed by atoms with van der Waals surface area (Å²) < 4.78 is 0. The minimum absolute atomic E-state index is 0.681. The van der Waals surface area contributed by atoms with Crippen molar-refractivity contribution in [2.24, 2.45) is 0 Å². The number of hydrogen-bond acceptors (Lipinski definition) is 0. The predicted molar refractivity (Wildman–Crippen MR) is 69.2 cm³/mol. The summed E-state index contributed by atoms with van der Waals surface area (Å²) in [5.41, 5.74) is 1.09. The maximum absolute atomic E-state index is 4.82. The Morgan fingerprint density at radius 3 is 2.36 bits per heavy atom. The Morgan fingerprint density at radius 1 is 1.50 bits per heavy atom. The van der Waals surface area contributed by atoms with E-state index in [1.807, 2.05) is 0 Å². The van der Waals surface area contributed by atoms with Crippen molar-refractivity contribution >= 4 is 8.07 Å². The van der Waals surface area contributed by atoms with E-state index in [0.29, 0.717) is 6.42 Å². The van der Waals surface area contributed by atoms with E-state index < -0.39 is 8.07 Å². The molecule has 1 heteroatoms. The molecule has 1 rings (SSSR count). The molecule has 0 amide bonds. The standard InChI is InChI=1S/C8H18Si.C5H6/c1-8-6-4-5-7-9(8,2)3;1-3-5-4-2/h8H,4-7H2,1-3H3;1,4H,2,5H2. The van der Waals surface area contributed by atoms with Crippen LogP contribution in [-0.2, 0) is 0 Å². The van der Waals surface area contributed by atoms with Crippen molar-refractivity contribution in [3.05, 3.63) is 12.7 Å². The number of hydrogen-bond donors (Lipinski definition) is 0. The normalized spacial score (nSPS) is 24.0. The quantitative estimate of drug-likeness (QED) is 0.339. The second-order valence-corrected chi connectivity index (χ2v) is 10.3. The van der Waals surface area contributed by atoms with Crippen LogP contribution in [-0.4, -0.2) is 8.07 Å². The summed E-state index contributed by atoms with van der Waals surface area (Å²) in [4.78, 5) is 0. The minimum Gasteiger partial charge on any atom is -0.120 e. The maximum atomic E-state index is 4.82. The maximum Gasteiger partial charge on any atom is 0.0502 e. The van der Waals surface area contributed by atoms with Crippen LogP contribution in [0, 0.1) is 12.3 Å². The molecule has 1 heterocycles. The lowest BCUT2D eigenvalue weighted by atomic mass is 10.2. The van der Waals surface area contributed by atoms with Gasteiger partial charge in [0.05, 0.1) is 8.07 Å². The topological polar surface area (TPSA) is 0 Å². The highest BCUT2D eigenvalue weighted by Crippen LogP contribution is 2.36. The lowest BCUT2D eigenvalue weighted by molar-refractivity contribution is 0.635. The highest BCUT2D eigenvalue weighted by atomic mass is 28.3. The zero-order valence-corrected chi connectivity index (χ0v) is 11.0. The first-order valence-corrected chi connectivity index (χ1v) is 8.87. The fourth-order valence-electron chi connectivity index (χ4n) is 1.75. The van der Waals surface area contributed by atoms with Crippen molar-refractivity contribution in [2.75, 3.05) is 0 Å². The van der Waals surface area contributed by atoms with Gasteiger partial charge in [-0.15, -0.1) is 18.9 Å². The molecule has 1 atom stereocenters. The lowest BCUT2D eigenvalue weighted by Crippen LogP contribution is -2.33. The van der Waals surface area contributed by atoms with Crippen LogP contribution in [0.1, 0.15) is 32.6 Å². The third kappa shape index (κ3) is 5.29. The number of allylic oxidation sites excluding steroid dienone is 1. The zero-order valence-electron chi connectivity index (χ0n) is 9.97. The lowest BCUT2D eigenvalue weighted by Gasteiger charge is -2.34. The van der Waals surface area contributed by atoms with Crippen molar-refractivity contribution in [2.45, 2.75) is 57.3 Å². The fraction of sp³-hybridized carbons (Fsp3) is 0.692. The largest absolute Gasteiger partial charge is 0.120 e. The Kier molecular flexibility index (Phi) is 6.66. The molecule has 1 unspecified atom stereocenters. The van der Waals surface area contributed by atoms with Gasteiger partial charge >= 0.3 is 0 Å². The van der Waals surface area contributed by atoms with E-state index in [1.54, 1.807) is 12.1 Å². The summed E-state index contributed by atoms with van der Waals surface area (Å²) in [6.45, 7) is 10.9. The first-order chi connectivity index (χ1) is 6.54. The number of terminal acetylenes is 1. The van der Waals surface area contributed by atoms with E-state index in [0.717, 1.165) is 5.54 Å². The molecule has 0 aromatic rings. The Morgan fingerprint density at radius 2 is 2.14 bits per heavy atom. The summed E-state index contributed by atoms with van der Waals surface area (Å²) in [5.74, 6) is 2.40. The van der Waals surface area contributed by atoms with Gasteiger partial charge in [0.15, 0.2) is 0 Å². The van der Waals surface area contributed by atoms with Gasteiger partial charge in [0.2, 0.25) is 0 Å². The third-order valence-corrected chi connectivity index (χ3v) is 7.90. The molecule has 0 aromatic carbocycles. The molecule has 1 aliphatic rings. The first kappa shape index (κ1) is 13.5. The Hall–Kier alpha value is -0.483. The summed E-state index contributed by atoms with van der Waals surface area (Å²) in [7, 11) is -0.694. The van der Waals surface area contributed by atoms with Gasteiger partial charge in [-0.1, -0.05) is 51.4 Å². The van der Waals surface area contributed by atoms with Crippen molar-refractivity contribution in [3.8, 4) is 12.3 Å². The van der Waals surface area contributed by atoms with Gasteiger partial charge in [-0.05, 0) is 5.54 Å². The molecule has 0 spiro atoms. The highest BCUT2D eigenvalue weighted by Gasteiger charge is 2.30. The van der Waals surface area contributed by atoms with Gasteiger partial charge in [-0.3, -0.25) is 0 Å². The molecular formula is C13H24Si. The Labute approximate surface area is 90.8 Å². The molecule has 0 radical (unpaired) electrons. The monoisotopic (exact) mass is 208 g/mol. The molecule has 1 fully saturated rings. The first-order valence-electron chi connectivity index (χ1n) is 5.59. The van der Waals surface area contributed by atoms with Crippen LogP contribution in [0.15, 0.2) is 12.7 Å². The third-order valence-electron chi connectivity index (χ3n) is 3.30. The van der Waals surface area contributed by atoms with Crippen molar-refractivity contribution in [1.29, 1.82) is 0 Å². The molecular weight excluding hydrogens is 184 g/mol. The fourth-order valence-corrected chi connectivity index (χ4v) is 4.39. The van der Waals surface area contributed by atoms with Gasteiger partial charge in [0, 0.05) is 6.42 Å². The van der Waals surface area contributed by atoms with E-state index in [1.165, 1.54) is 19.3 Å². The Bertz CT molecular complexity index is 198. The van der Waals surface area contributed by atoms with Crippen LogP contribution in [0.25, 0.3) is 0 Å². The molecule has 0 aliphatic carbocycles. The molecule has 0 nitrogen and oxygen atoms in total. The van der Waals surface area contributed by atoms with Gasteiger partial charge in [0.1, 0.15) is 0 Å². The van der Waals surface area contributed by atoms with Crippen LogP contribution in [0.5, 0.6) is 0 Å². The highest BCUT2D eigenvalue weighted by molar-refractivity contribution is 6.78. The van der Waals surface area contributed by atoms with Gasteiger partial charge < -0.3 is 0 Å². The molecule has 0 saturated carbocycles. The van der Waals surface area contributed by atoms with Crippen LogP contribution in [0.2, 0.25) is 24.7 Å². The second-order valence-electron chi connectivity index (χ2n) is 4.83. The van der Waals surface area contributed by atoms with Gasteiger partial charge in [0.25, 0.3) is 0 Å². The van der Waals surface area contributed by atoms with Crippen molar-refractivity contribution < 1.29 is 0 Å². The van der Waals surface area contributed by atoms with E-state index in [4.69, 9.17) is 6.42 Å². The second kappa shape index (κ2) is 6.90. The molecule has 0 aromatic heterocycles. The van der Waals surface area contributed by atoms with E-state index in [-0.39, 0.29) is 0 Å². The summed E-state index contributed by atoms with van der Waals surface area (Å²) in [5, 5.41) is 0. The van der Waals surface area contributed by atoms with Crippen molar-refractivity contribution in [1.82, 2.24) is 0 Å². The average Bonchev–Trinajstić information content (AvgIpc) is 2.13. The predicted octanol–water partition coefficient (Wildman–Crippen LogP) is 4.46. The molecule has 1 saturated heterocycles. The van der Waals surface area contributed by atoms with Gasteiger partial charge in [-0.25, -0.2) is 0 Å². The molecule has 80 valence electrons. The molecule has 1 aliphatic heterocycles. The molecule has 0 bridgehead atoms. The van der Waals surface area contributed by atoms with Crippen LogP contribution in [0.4, 0.5) is 0 Å². The van der Waals surface area contributed by atoms with Crippen molar-refractivity contribution in [3.63, 3.8) is 0 Å². The summed E-state index contributed by atoms with van der Waals surface area (Å²) in [6.07, 6.45) is 11.7. The Balaban J connectivity index is 0.000000292. The van der Waals surface area contributed by atoms with E-state index in [9.17, 15) is 0 Å². The van der Waals surface area contributed by atoms with E-state index in [2.05, 4.69) is 32.5 Å². The minimum atomic E-state index is -0.694. The van der Waals surface area contributed by atoms with Crippen LogP contribution < -0.4 is 0 Å². The molecule has 0 N–H and O–H groups in total. The van der Waals surface area contributed by atoms with Crippen LogP contribution >= 0.6 is 0 Å². The average molecular weight is 208 g/mol. The van der Waals surface area contributed by atoms with E-state index >= 15 is 0 Å². The van der Waals surface area contributed by atoms with Gasteiger partial charge in [-0.2, -0.15) is 0 Å². The SMILES string of the molecule is C#CCC=C.CC1CCCC[Si]1(C)C.